The van der Waals surface area contributed by atoms with Gasteiger partial charge in [-0.15, -0.1) is 0 Å². The van der Waals surface area contributed by atoms with Crippen molar-refractivity contribution in [3.8, 4) is 0 Å². The summed E-state index contributed by atoms with van der Waals surface area (Å²) in [6.45, 7) is 1.30. The van der Waals surface area contributed by atoms with Crippen molar-refractivity contribution in [1.29, 1.82) is 0 Å². The van der Waals surface area contributed by atoms with Gasteiger partial charge in [-0.2, -0.15) is 0 Å². The van der Waals surface area contributed by atoms with Crippen molar-refractivity contribution in [2.75, 3.05) is 20.3 Å². The Bertz CT molecular complexity index is 502. The molecule has 4 heteroatoms. The van der Waals surface area contributed by atoms with E-state index in [1.807, 2.05) is 12.3 Å². The van der Waals surface area contributed by atoms with Crippen LogP contribution in [0, 0.1) is 0 Å². The first kappa shape index (κ1) is 13.0. The van der Waals surface area contributed by atoms with Gasteiger partial charge in [-0.25, -0.2) is 0 Å². The van der Waals surface area contributed by atoms with Crippen LogP contribution in [-0.4, -0.2) is 36.5 Å². The van der Waals surface area contributed by atoms with E-state index in [4.69, 9.17) is 9.84 Å². The van der Waals surface area contributed by atoms with Crippen molar-refractivity contribution in [3.63, 3.8) is 0 Å². The number of fused-ring (bicyclic) bond motifs is 1. The van der Waals surface area contributed by atoms with Crippen LogP contribution in [0.4, 0.5) is 0 Å². The number of hydrogen-bond acceptors (Lipinski definition) is 4. The highest BCUT2D eigenvalue weighted by atomic mass is 16.5. The number of methoxy groups -OCH3 is 1. The highest BCUT2D eigenvalue weighted by molar-refractivity contribution is 5.81. The highest BCUT2D eigenvalue weighted by Gasteiger charge is 2.05. The number of rotatable bonds is 6. The molecule has 1 aromatic carbocycles. The van der Waals surface area contributed by atoms with Crippen molar-refractivity contribution >= 4 is 10.8 Å². The average Bonchev–Trinajstić information content (AvgIpc) is 2.43. The standard InChI is InChI=1S/C14H18N2O2/c1-18-10-14(9-17)16-7-11-2-3-13-8-15-5-4-12(13)6-11/h2-6,8,14,16-17H,7,9-10H2,1H3. The minimum atomic E-state index is -0.0249. The molecule has 0 saturated carbocycles. The molecule has 1 aromatic heterocycles. The number of benzene rings is 1. The molecule has 0 spiro atoms. The Morgan fingerprint density at radius 1 is 1.33 bits per heavy atom. The number of aromatic nitrogens is 1. The Morgan fingerprint density at radius 3 is 3.00 bits per heavy atom. The summed E-state index contributed by atoms with van der Waals surface area (Å²) in [6.07, 6.45) is 3.65. The van der Waals surface area contributed by atoms with E-state index in [0.717, 1.165) is 5.39 Å². The summed E-state index contributed by atoms with van der Waals surface area (Å²) in [7, 11) is 1.63. The van der Waals surface area contributed by atoms with Gasteiger partial charge in [0.1, 0.15) is 0 Å². The van der Waals surface area contributed by atoms with Gasteiger partial charge in [0, 0.05) is 31.4 Å². The molecular formula is C14H18N2O2. The summed E-state index contributed by atoms with van der Waals surface area (Å²) in [5.74, 6) is 0. The number of nitrogens with one attached hydrogen (secondary N) is 1. The molecule has 0 aliphatic heterocycles. The van der Waals surface area contributed by atoms with Gasteiger partial charge in [0.15, 0.2) is 0 Å². The maximum Gasteiger partial charge on any atom is 0.0638 e. The summed E-state index contributed by atoms with van der Waals surface area (Å²) in [4.78, 5) is 4.09. The van der Waals surface area contributed by atoms with Gasteiger partial charge < -0.3 is 15.2 Å². The third-order valence-corrected chi connectivity index (χ3v) is 2.89. The molecule has 4 nitrogen and oxygen atoms in total. The molecule has 1 unspecified atom stereocenters. The number of pyridine rings is 1. The van der Waals surface area contributed by atoms with E-state index in [1.54, 1.807) is 13.3 Å². The van der Waals surface area contributed by atoms with E-state index in [-0.39, 0.29) is 12.6 Å². The molecule has 0 amide bonds. The first-order valence-electron chi connectivity index (χ1n) is 5.99. The second-order valence-corrected chi connectivity index (χ2v) is 4.27. The van der Waals surface area contributed by atoms with E-state index in [0.29, 0.717) is 13.2 Å². The maximum atomic E-state index is 9.16. The van der Waals surface area contributed by atoms with E-state index >= 15 is 0 Å². The molecule has 0 aliphatic rings. The molecule has 0 radical (unpaired) electrons. The highest BCUT2D eigenvalue weighted by Crippen LogP contribution is 2.14. The van der Waals surface area contributed by atoms with Gasteiger partial charge in [0.05, 0.1) is 19.3 Å². The van der Waals surface area contributed by atoms with Crippen LogP contribution in [0.3, 0.4) is 0 Å². The summed E-state index contributed by atoms with van der Waals surface area (Å²) in [5, 5.41) is 14.7. The molecule has 0 aliphatic carbocycles. The fourth-order valence-corrected chi connectivity index (χ4v) is 1.88. The third kappa shape index (κ3) is 3.26. The minimum absolute atomic E-state index is 0.0249. The van der Waals surface area contributed by atoms with Crippen LogP contribution in [-0.2, 0) is 11.3 Å². The smallest absolute Gasteiger partial charge is 0.0638 e. The Hall–Kier alpha value is -1.49. The Labute approximate surface area is 107 Å². The molecule has 0 fully saturated rings. The largest absolute Gasteiger partial charge is 0.395 e. The molecule has 2 rings (SSSR count). The van der Waals surface area contributed by atoms with Gasteiger partial charge in [-0.05, 0) is 23.1 Å². The summed E-state index contributed by atoms with van der Waals surface area (Å²) < 4.78 is 5.02. The topological polar surface area (TPSA) is 54.4 Å². The normalized spacial score (nSPS) is 12.8. The minimum Gasteiger partial charge on any atom is -0.395 e. The van der Waals surface area contributed by atoms with E-state index in [9.17, 15) is 0 Å². The Morgan fingerprint density at radius 2 is 2.22 bits per heavy atom. The molecule has 2 aromatic rings. The molecule has 1 atom stereocenters. The lowest BCUT2D eigenvalue weighted by Crippen LogP contribution is -2.35. The summed E-state index contributed by atoms with van der Waals surface area (Å²) in [6, 6.07) is 8.23. The van der Waals surface area contributed by atoms with Crippen LogP contribution in [0.1, 0.15) is 5.56 Å². The van der Waals surface area contributed by atoms with E-state index in [2.05, 4.69) is 28.5 Å². The molecular weight excluding hydrogens is 228 g/mol. The summed E-state index contributed by atoms with van der Waals surface area (Å²) >= 11 is 0. The Balaban J connectivity index is 2.03. The number of aliphatic hydroxyl groups excluding tert-OH is 1. The van der Waals surface area contributed by atoms with Crippen molar-refractivity contribution in [2.45, 2.75) is 12.6 Å². The zero-order valence-electron chi connectivity index (χ0n) is 10.5. The number of ether oxygens (including phenoxy) is 1. The number of hydrogen-bond donors (Lipinski definition) is 2. The summed E-state index contributed by atoms with van der Waals surface area (Å²) in [5.41, 5.74) is 1.18. The van der Waals surface area contributed by atoms with Gasteiger partial charge in [-0.1, -0.05) is 12.1 Å². The van der Waals surface area contributed by atoms with E-state index < -0.39 is 0 Å². The lowest BCUT2D eigenvalue weighted by Gasteiger charge is -2.15. The fourth-order valence-electron chi connectivity index (χ4n) is 1.88. The van der Waals surface area contributed by atoms with Crippen LogP contribution >= 0.6 is 0 Å². The van der Waals surface area contributed by atoms with Crippen molar-refractivity contribution < 1.29 is 9.84 Å². The van der Waals surface area contributed by atoms with Crippen LogP contribution in [0.15, 0.2) is 36.7 Å². The zero-order chi connectivity index (χ0) is 12.8. The lowest BCUT2D eigenvalue weighted by atomic mass is 10.1. The average molecular weight is 246 g/mol. The van der Waals surface area contributed by atoms with Gasteiger partial charge in [-0.3, -0.25) is 4.98 Å². The predicted octanol–water partition coefficient (Wildman–Crippen LogP) is 1.33. The van der Waals surface area contributed by atoms with Crippen LogP contribution in [0.5, 0.6) is 0 Å². The third-order valence-electron chi connectivity index (χ3n) is 2.89. The zero-order valence-corrected chi connectivity index (χ0v) is 10.5. The molecule has 0 saturated heterocycles. The van der Waals surface area contributed by atoms with E-state index in [1.165, 1.54) is 10.9 Å². The van der Waals surface area contributed by atoms with Crippen LogP contribution in [0.2, 0.25) is 0 Å². The lowest BCUT2D eigenvalue weighted by molar-refractivity contribution is 0.128. The molecule has 18 heavy (non-hydrogen) atoms. The maximum absolute atomic E-state index is 9.16. The first-order chi connectivity index (χ1) is 8.83. The monoisotopic (exact) mass is 246 g/mol. The van der Waals surface area contributed by atoms with Crippen LogP contribution in [0.25, 0.3) is 10.8 Å². The molecule has 0 bridgehead atoms. The SMILES string of the molecule is COCC(CO)NCc1ccc2cnccc2c1. The molecule has 2 N–H and O–H groups in total. The van der Waals surface area contributed by atoms with Gasteiger partial charge in [0.2, 0.25) is 0 Å². The van der Waals surface area contributed by atoms with Crippen molar-refractivity contribution in [2.24, 2.45) is 0 Å². The number of nitrogens with zero attached hydrogens (tertiary/aromatic N) is 1. The van der Waals surface area contributed by atoms with Crippen LogP contribution < -0.4 is 5.32 Å². The molecule has 1 heterocycles. The van der Waals surface area contributed by atoms with Crippen molar-refractivity contribution in [3.05, 3.63) is 42.2 Å². The Kier molecular flexibility index (Phi) is 4.64. The number of aliphatic hydroxyl groups is 1. The second-order valence-electron chi connectivity index (χ2n) is 4.27. The van der Waals surface area contributed by atoms with Crippen molar-refractivity contribution in [1.82, 2.24) is 10.3 Å². The second kappa shape index (κ2) is 6.44. The van der Waals surface area contributed by atoms with Gasteiger partial charge in [0.25, 0.3) is 0 Å². The quantitative estimate of drug-likeness (QED) is 0.807. The first-order valence-corrected chi connectivity index (χ1v) is 5.99. The van der Waals surface area contributed by atoms with Gasteiger partial charge >= 0.3 is 0 Å². The molecule has 96 valence electrons. The fraction of sp³-hybridized carbons (Fsp3) is 0.357. The predicted molar refractivity (Wildman–Crippen MR) is 71.3 cm³/mol.